The van der Waals surface area contributed by atoms with E-state index in [1.165, 1.54) is 0 Å². The highest BCUT2D eigenvalue weighted by Gasteiger charge is 2.41. The van der Waals surface area contributed by atoms with Crippen molar-refractivity contribution in [1.82, 2.24) is 0 Å². The minimum atomic E-state index is -3.13. The molecule has 2 heterocycles. The van der Waals surface area contributed by atoms with Gasteiger partial charge in [0.25, 0.3) is 23.6 Å². The number of hydrogen-bond donors (Lipinski definition) is 0. The Bertz CT molecular complexity index is 2280. The van der Waals surface area contributed by atoms with Gasteiger partial charge in [0.2, 0.25) is 69.5 Å². The molecule has 290 valence electrons. The molecule has 0 aromatic heterocycles. The zero-order valence-corrected chi connectivity index (χ0v) is 25.7. The van der Waals surface area contributed by atoms with Gasteiger partial charge in [-0.1, -0.05) is 0 Å². The van der Waals surface area contributed by atoms with E-state index in [-0.39, 0.29) is 0 Å². The number of benzene rings is 4. The summed E-state index contributed by atoms with van der Waals surface area (Å²) in [5.74, 6) is -63.3. The number of halogens is 16. The van der Waals surface area contributed by atoms with E-state index in [2.05, 4.69) is 9.47 Å². The van der Waals surface area contributed by atoms with Crippen LogP contribution in [0, 0.1) is 93.1 Å². The minimum absolute atomic E-state index is 0.396. The Hall–Kier alpha value is -6.88. The average molecular weight is 816 g/mol. The number of imide groups is 2. The molecule has 0 spiro atoms. The van der Waals surface area contributed by atoms with E-state index in [1.807, 2.05) is 0 Å². The zero-order valence-electron chi connectivity index (χ0n) is 25.7. The molecule has 4 aromatic rings. The summed E-state index contributed by atoms with van der Waals surface area (Å²) in [5.41, 5.74) is -9.56. The zero-order chi connectivity index (χ0) is 41.6. The fourth-order valence-electron chi connectivity index (χ4n) is 5.06. The molecular formula is C32H4F16N2O6. The van der Waals surface area contributed by atoms with E-state index in [0.29, 0.717) is 24.3 Å². The predicted octanol–water partition coefficient (Wildman–Crippen LogP) is 8.02. The topological polar surface area (TPSA) is 93.2 Å². The molecule has 2 aliphatic rings. The number of rotatable bonds is 7. The highest BCUT2D eigenvalue weighted by Crippen LogP contribution is 2.46. The second kappa shape index (κ2) is 13.5. The van der Waals surface area contributed by atoms with E-state index in [1.54, 1.807) is 0 Å². The molecule has 24 heteroatoms. The van der Waals surface area contributed by atoms with Gasteiger partial charge in [0, 0.05) is 24.3 Å². The minimum Gasteiger partial charge on any atom is -0.444 e. The van der Waals surface area contributed by atoms with E-state index in [4.69, 9.17) is 0 Å². The van der Waals surface area contributed by atoms with Gasteiger partial charge in [0.1, 0.15) is 11.4 Å². The van der Waals surface area contributed by atoms with Crippen molar-refractivity contribution >= 4 is 35.0 Å². The van der Waals surface area contributed by atoms with Gasteiger partial charge in [-0.25, -0.2) is 44.9 Å². The summed E-state index contributed by atoms with van der Waals surface area (Å²) >= 11 is 0. The van der Waals surface area contributed by atoms with Crippen LogP contribution in [-0.4, -0.2) is 23.6 Å². The first-order valence-corrected chi connectivity index (χ1v) is 14.1. The number of carbonyl (C=O) groups is 4. The Morgan fingerprint density at radius 1 is 0.286 bits per heavy atom. The Kier molecular flexibility index (Phi) is 9.33. The van der Waals surface area contributed by atoms with Crippen LogP contribution in [0.25, 0.3) is 11.1 Å². The Morgan fingerprint density at radius 3 is 0.661 bits per heavy atom. The van der Waals surface area contributed by atoms with Gasteiger partial charge in [0.15, 0.2) is 46.5 Å². The molecule has 0 saturated carbocycles. The lowest BCUT2D eigenvalue weighted by Gasteiger charge is -2.20. The van der Waals surface area contributed by atoms with Crippen LogP contribution in [0.5, 0.6) is 23.0 Å². The van der Waals surface area contributed by atoms with Crippen molar-refractivity contribution in [3.8, 4) is 34.1 Å². The largest absolute Gasteiger partial charge is 0.444 e. The Morgan fingerprint density at radius 2 is 0.464 bits per heavy atom. The van der Waals surface area contributed by atoms with Crippen molar-refractivity contribution in [1.29, 1.82) is 0 Å². The fraction of sp³-hybridized carbons (Fsp3) is 0. The third-order valence-corrected chi connectivity index (χ3v) is 7.57. The number of hydrogen-bond acceptors (Lipinski definition) is 6. The third kappa shape index (κ3) is 5.49. The first-order chi connectivity index (χ1) is 26.1. The number of ether oxygens (including phenoxy) is 2. The second-order valence-corrected chi connectivity index (χ2v) is 10.7. The highest BCUT2D eigenvalue weighted by atomic mass is 19.2. The Balaban J connectivity index is 1.43. The molecule has 0 unspecified atom stereocenters. The lowest BCUT2D eigenvalue weighted by Crippen LogP contribution is -2.32. The molecule has 4 amide bonds. The second-order valence-electron chi connectivity index (χ2n) is 10.7. The van der Waals surface area contributed by atoms with Crippen LogP contribution in [0.15, 0.2) is 24.3 Å². The monoisotopic (exact) mass is 816 g/mol. The van der Waals surface area contributed by atoms with Crippen LogP contribution < -0.4 is 19.3 Å². The van der Waals surface area contributed by atoms with E-state index >= 15 is 35.1 Å². The van der Waals surface area contributed by atoms with Gasteiger partial charge in [0.05, 0.1) is 11.1 Å². The number of carbonyl (C=O) groups excluding carboxylic acids is 4. The van der Waals surface area contributed by atoms with Crippen molar-refractivity contribution in [3.63, 3.8) is 0 Å². The molecule has 4 aromatic carbocycles. The summed E-state index contributed by atoms with van der Waals surface area (Å²) in [5, 5.41) is 0. The average Bonchev–Trinajstić information content (AvgIpc) is 3.67. The first kappa shape index (κ1) is 38.8. The van der Waals surface area contributed by atoms with Crippen LogP contribution in [0.3, 0.4) is 0 Å². The van der Waals surface area contributed by atoms with Gasteiger partial charge in [-0.05, 0) is 0 Å². The molecule has 8 nitrogen and oxygen atoms in total. The molecule has 0 fully saturated rings. The molecule has 0 radical (unpaired) electrons. The highest BCUT2D eigenvalue weighted by molar-refractivity contribution is 6.29. The van der Waals surface area contributed by atoms with Crippen LogP contribution in [-0.2, 0) is 19.2 Å². The lowest BCUT2D eigenvalue weighted by atomic mass is 10.0. The normalized spacial score (nSPS) is 14.0. The van der Waals surface area contributed by atoms with Crippen LogP contribution in [0.2, 0.25) is 0 Å². The SMILES string of the molecule is O=C1C=CC(=O)N1c1c(F)c(F)c(Oc2c(F)c(F)c(-c3c(F)c(F)c(Oc4c(F)c(F)c(N5C(=O)C=CC5=O)c(F)c4F)c(F)c3F)c(F)c2F)c(F)c1F. The molecule has 2 aliphatic heterocycles. The van der Waals surface area contributed by atoms with Crippen LogP contribution in [0.1, 0.15) is 0 Å². The van der Waals surface area contributed by atoms with Crippen molar-refractivity contribution in [2.24, 2.45) is 0 Å². The van der Waals surface area contributed by atoms with Gasteiger partial charge in [-0.15, -0.1) is 0 Å². The maximum atomic E-state index is 15.2. The maximum absolute atomic E-state index is 15.2. The van der Waals surface area contributed by atoms with E-state index in [0.717, 1.165) is 0 Å². The van der Waals surface area contributed by atoms with Crippen molar-refractivity contribution < 1.29 is 98.9 Å². The first-order valence-electron chi connectivity index (χ1n) is 14.1. The van der Waals surface area contributed by atoms with Crippen LogP contribution >= 0.6 is 0 Å². The summed E-state index contributed by atoms with van der Waals surface area (Å²) in [6.45, 7) is 0. The fourth-order valence-corrected chi connectivity index (χ4v) is 5.06. The van der Waals surface area contributed by atoms with Gasteiger partial charge in [-0.2, -0.15) is 35.1 Å². The summed E-state index contributed by atoms with van der Waals surface area (Å²) in [7, 11) is 0. The summed E-state index contributed by atoms with van der Waals surface area (Å²) in [6, 6.07) is 0. The smallest absolute Gasteiger partial charge is 0.258 e. The molecular weight excluding hydrogens is 812 g/mol. The van der Waals surface area contributed by atoms with Gasteiger partial charge < -0.3 is 9.47 Å². The molecule has 0 saturated heterocycles. The number of anilines is 2. The van der Waals surface area contributed by atoms with Crippen molar-refractivity contribution in [2.75, 3.05) is 9.80 Å². The third-order valence-electron chi connectivity index (χ3n) is 7.57. The maximum Gasteiger partial charge on any atom is 0.258 e. The lowest BCUT2D eigenvalue weighted by molar-refractivity contribution is -0.121. The molecule has 0 bridgehead atoms. The Labute approximate surface area is 295 Å². The number of nitrogens with zero attached hydrogens (tertiary/aromatic N) is 2. The molecule has 0 N–H and O–H groups in total. The summed E-state index contributed by atoms with van der Waals surface area (Å²) < 4.78 is 247. The standard InChI is InChI=1S/C32H4F16N2O6/c33-11-9(12(34)20(42)29(19(11)41)55-31-23(45)15(37)27(16(38)24(31)46)49-5(51)1-2-6(49)52)10-13(35)21(43)30(22(44)14(10)36)56-32-25(47)17(39)28(18(40)26(32)48)50-7(53)3-4-8(50)54/h1-4H. The summed E-state index contributed by atoms with van der Waals surface area (Å²) in [4.78, 5) is 46.1. The molecule has 0 atom stereocenters. The van der Waals surface area contributed by atoms with Crippen molar-refractivity contribution in [2.45, 2.75) is 0 Å². The molecule has 6 rings (SSSR count). The van der Waals surface area contributed by atoms with Crippen LogP contribution in [0.4, 0.5) is 81.6 Å². The van der Waals surface area contributed by atoms with Gasteiger partial charge >= 0.3 is 0 Å². The predicted molar refractivity (Wildman–Crippen MR) is 148 cm³/mol. The van der Waals surface area contributed by atoms with E-state index in [9.17, 15) is 54.3 Å². The number of amides is 4. The quantitative estimate of drug-likeness (QED) is 0.107. The van der Waals surface area contributed by atoms with E-state index < -0.39 is 172 Å². The molecule has 56 heavy (non-hydrogen) atoms. The van der Waals surface area contributed by atoms with Gasteiger partial charge in [-0.3, -0.25) is 19.2 Å². The van der Waals surface area contributed by atoms with Crippen molar-refractivity contribution in [3.05, 3.63) is 117 Å². The summed E-state index contributed by atoms with van der Waals surface area (Å²) in [6.07, 6.45) is 1.58. The molecule has 0 aliphatic carbocycles.